The fraction of sp³-hybridized carbons (Fsp3) is 0.476. The molecule has 3 N–H and O–H groups in total. The highest BCUT2D eigenvalue weighted by atomic mass is 16.5. The van der Waals surface area contributed by atoms with E-state index >= 15 is 0 Å². The number of nitrogens with one attached hydrogen (secondary N) is 1. The van der Waals surface area contributed by atoms with E-state index in [9.17, 15) is 9.59 Å². The van der Waals surface area contributed by atoms with Crippen molar-refractivity contribution in [3.63, 3.8) is 0 Å². The molecule has 148 valence electrons. The van der Waals surface area contributed by atoms with Crippen LogP contribution in [0, 0.1) is 0 Å². The molecule has 2 atom stereocenters. The Balaban J connectivity index is 1.53. The summed E-state index contributed by atoms with van der Waals surface area (Å²) in [6, 6.07) is 10.0. The number of aromatic nitrogens is 2. The van der Waals surface area contributed by atoms with Crippen LogP contribution < -0.4 is 11.1 Å². The molecule has 7 nitrogen and oxygen atoms in total. The molecule has 0 radical (unpaired) electrons. The zero-order valence-electron chi connectivity index (χ0n) is 15.9. The zero-order valence-corrected chi connectivity index (χ0v) is 15.9. The minimum Gasteiger partial charge on any atom is -0.367 e. The number of fused-ring (bicyclic) bond motifs is 1. The number of ether oxygens (including phenoxy) is 1. The Hall–Kier alpha value is -2.67. The highest BCUT2D eigenvalue weighted by molar-refractivity contribution is 5.94. The summed E-state index contributed by atoms with van der Waals surface area (Å²) in [5.41, 5.74) is 7.83. The Kier molecular flexibility index (Phi) is 5.43. The third-order valence-electron chi connectivity index (χ3n) is 5.53. The lowest BCUT2D eigenvalue weighted by Gasteiger charge is -2.12. The van der Waals surface area contributed by atoms with E-state index in [-0.39, 0.29) is 12.0 Å². The lowest BCUT2D eigenvalue weighted by atomic mass is 10.1. The molecular formula is C21H26N4O3. The molecule has 1 aromatic carbocycles. The molecule has 0 spiro atoms. The van der Waals surface area contributed by atoms with Crippen molar-refractivity contribution in [2.45, 2.75) is 57.3 Å². The van der Waals surface area contributed by atoms with Gasteiger partial charge >= 0.3 is 0 Å². The SMILES string of the molecule is NC(=O)[C@H]1CC[C@H](CNC(=O)c2nc(-c3ccccc3)n3c2CCCCC3)O1. The van der Waals surface area contributed by atoms with Crippen molar-refractivity contribution in [1.82, 2.24) is 14.9 Å². The molecule has 0 bridgehead atoms. The molecule has 0 aliphatic carbocycles. The van der Waals surface area contributed by atoms with Crippen molar-refractivity contribution in [3.05, 3.63) is 41.7 Å². The van der Waals surface area contributed by atoms with Crippen LogP contribution in [-0.2, 0) is 22.5 Å². The first-order valence-corrected chi connectivity index (χ1v) is 10.0. The molecule has 1 aromatic heterocycles. The average molecular weight is 382 g/mol. The number of carbonyl (C=O) groups excluding carboxylic acids is 2. The van der Waals surface area contributed by atoms with Crippen LogP contribution in [0.3, 0.4) is 0 Å². The molecule has 1 saturated heterocycles. The van der Waals surface area contributed by atoms with Crippen LogP contribution in [-0.4, -0.2) is 40.1 Å². The first-order chi connectivity index (χ1) is 13.6. The minimum atomic E-state index is -0.546. The van der Waals surface area contributed by atoms with E-state index in [0.717, 1.165) is 49.3 Å². The van der Waals surface area contributed by atoms with Gasteiger partial charge in [-0.15, -0.1) is 0 Å². The summed E-state index contributed by atoms with van der Waals surface area (Å²) >= 11 is 0. The van der Waals surface area contributed by atoms with Crippen LogP contribution in [0.4, 0.5) is 0 Å². The van der Waals surface area contributed by atoms with Crippen LogP contribution >= 0.6 is 0 Å². The predicted molar refractivity (Wildman–Crippen MR) is 105 cm³/mol. The average Bonchev–Trinajstić information content (AvgIpc) is 3.25. The van der Waals surface area contributed by atoms with Gasteiger partial charge in [-0.2, -0.15) is 0 Å². The Labute approximate surface area is 164 Å². The number of primary amides is 1. The van der Waals surface area contributed by atoms with Gasteiger partial charge < -0.3 is 20.4 Å². The van der Waals surface area contributed by atoms with E-state index in [1.165, 1.54) is 0 Å². The van der Waals surface area contributed by atoms with Gasteiger partial charge in [-0.1, -0.05) is 36.8 Å². The number of imidazole rings is 1. The Morgan fingerprint density at radius 3 is 2.75 bits per heavy atom. The summed E-state index contributed by atoms with van der Waals surface area (Å²) in [5, 5.41) is 2.94. The highest BCUT2D eigenvalue weighted by Crippen LogP contribution is 2.27. The zero-order chi connectivity index (χ0) is 19.5. The summed E-state index contributed by atoms with van der Waals surface area (Å²) in [6.07, 6.45) is 4.75. The molecule has 28 heavy (non-hydrogen) atoms. The van der Waals surface area contributed by atoms with E-state index in [1.54, 1.807) is 0 Å². The number of rotatable bonds is 5. The van der Waals surface area contributed by atoms with Crippen LogP contribution in [0.2, 0.25) is 0 Å². The minimum absolute atomic E-state index is 0.182. The monoisotopic (exact) mass is 382 g/mol. The molecular weight excluding hydrogens is 356 g/mol. The molecule has 1 fully saturated rings. The van der Waals surface area contributed by atoms with Gasteiger partial charge in [0.05, 0.1) is 11.8 Å². The maximum Gasteiger partial charge on any atom is 0.271 e. The third kappa shape index (κ3) is 3.80. The summed E-state index contributed by atoms with van der Waals surface area (Å²) in [5.74, 6) is 0.230. The lowest BCUT2D eigenvalue weighted by Crippen LogP contribution is -2.35. The summed E-state index contributed by atoms with van der Waals surface area (Å²) < 4.78 is 7.80. The fourth-order valence-corrected chi connectivity index (χ4v) is 4.06. The van der Waals surface area contributed by atoms with Crippen molar-refractivity contribution >= 4 is 11.8 Å². The first kappa shape index (κ1) is 18.7. The second kappa shape index (κ2) is 8.14. The maximum absolute atomic E-state index is 12.9. The third-order valence-corrected chi connectivity index (χ3v) is 5.53. The van der Waals surface area contributed by atoms with Crippen molar-refractivity contribution in [1.29, 1.82) is 0 Å². The van der Waals surface area contributed by atoms with Gasteiger partial charge in [-0.05, 0) is 32.1 Å². The lowest BCUT2D eigenvalue weighted by molar-refractivity contribution is -0.128. The van der Waals surface area contributed by atoms with Crippen LogP contribution in [0.5, 0.6) is 0 Å². The number of nitrogens with two attached hydrogens (primary N) is 1. The second-order valence-electron chi connectivity index (χ2n) is 7.50. The highest BCUT2D eigenvalue weighted by Gasteiger charge is 2.30. The fourth-order valence-electron chi connectivity index (χ4n) is 4.06. The van der Waals surface area contributed by atoms with Crippen molar-refractivity contribution in [2.24, 2.45) is 5.73 Å². The predicted octanol–water partition coefficient (Wildman–Crippen LogP) is 2.04. The van der Waals surface area contributed by atoms with E-state index < -0.39 is 12.0 Å². The van der Waals surface area contributed by atoms with Gasteiger partial charge in [0.25, 0.3) is 5.91 Å². The molecule has 3 heterocycles. The number of carbonyl (C=O) groups is 2. The van der Waals surface area contributed by atoms with E-state index in [4.69, 9.17) is 15.5 Å². The van der Waals surface area contributed by atoms with Crippen molar-refractivity contribution in [3.8, 4) is 11.4 Å². The Morgan fingerprint density at radius 1 is 1.18 bits per heavy atom. The van der Waals surface area contributed by atoms with Crippen LogP contribution in [0.15, 0.2) is 30.3 Å². The number of benzene rings is 1. The van der Waals surface area contributed by atoms with Gasteiger partial charge in [0.15, 0.2) is 0 Å². The van der Waals surface area contributed by atoms with E-state index in [2.05, 4.69) is 9.88 Å². The van der Waals surface area contributed by atoms with Gasteiger partial charge in [0.2, 0.25) is 5.91 Å². The van der Waals surface area contributed by atoms with Gasteiger partial charge in [-0.3, -0.25) is 9.59 Å². The van der Waals surface area contributed by atoms with Gasteiger partial charge in [0.1, 0.15) is 17.6 Å². The number of nitrogens with zero attached hydrogens (tertiary/aromatic N) is 2. The second-order valence-corrected chi connectivity index (χ2v) is 7.50. The molecule has 0 unspecified atom stereocenters. The van der Waals surface area contributed by atoms with Crippen molar-refractivity contribution < 1.29 is 14.3 Å². The van der Waals surface area contributed by atoms with E-state index in [1.807, 2.05) is 30.3 Å². The van der Waals surface area contributed by atoms with Gasteiger partial charge in [0, 0.05) is 18.7 Å². The normalized spacial score (nSPS) is 21.7. The molecule has 2 aliphatic heterocycles. The Bertz CT molecular complexity index is 862. The standard InChI is InChI=1S/C21H26N4O3/c22-19(26)17-11-10-15(28-17)13-23-21(27)18-16-9-5-2-6-12-25(16)20(24-18)14-7-3-1-4-8-14/h1,3-4,7-8,15,17H,2,5-6,9-13H2,(H2,22,26)(H,23,27)/t15-,17-/m1/s1. The smallest absolute Gasteiger partial charge is 0.271 e. The quantitative estimate of drug-likeness (QED) is 0.826. The molecule has 2 amide bonds. The summed E-state index contributed by atoms with van der Waals surface area (Å²) in [6.45, 7) is 1.24. The molecule has 7 heteroatoms. The summed E-state index contributed by atoms with van der Waals surface area (Å²) in [4.78, 5) is 28.9. The molecule has 2 aliphatic rings. The summed E-state index contributed by atoms with van der Waals surface area (Å²) in [7, 11) is 0. The molecule has 2 aromatic rings. The number of amides is 2. The molecule has 0 saturated carbocycles. The molecule has 4 rings (SSSR count). The Morgan fingerprint density at radius 2 is 2.00 bits per heavy atom. The van der Waals surface area contributed by atoms with Crippen LogP contribution in [0.1, 0.15) is 48.3 Å². The largest absolute Gasteiger partial charge is 0.367 e. The van der Waals surface area contributed by atoms with Gasteiger partial charge in [-0.25, -0.2) is 4.98 Å². The first-order valence-electron chi connectivity index (χ1n) is 10.0. The topological polar surface area (TPSA) is 99.2 Å². The maximum atomic E-state index is 12.9. The van der Waals surface area contributed by atoms with Crippen LogP contribution in [0.25, 0.3) is 11.4 Å². The number of hydrogen-bond acceptors (Lipinski definition) is 4. The van der Waals surface area contributed by atoms with E-state index in [0.29, 0.717) is 25.1 Å². The number of hydrogen-bond donors (Lipinski definition) is 2. The van der Waals surface area contributed by atoms with Crippen molar-refractivity contribution in [2.75, 3.05) is 6.54 Å².